The summed E-state index contributed by atoms with van der Waals surface area (Å²) in [5.41, 5.74) is 2.47. The minimum absolute atomic E-state index is 0.0919. The lowest BCUT2D eigenvalue weighted by Crippen LogP contribution is -2.33. The summed E-state index contributed by atoms with van der Waals surface area (Å²) >= 11 is 1.60. The van der Waals surface area contributed by atoms with Gasteiger partial charge in [-0.15, -0.1) is 11.8 Å². The molecule has 2 aromatic rings. The molecule has 0 aliphatic rings. The number of carbonyl (C=O) groups excluding carboxylic acids is 1. The van der Waals surface area contributed by atoms with E-state index >= 15 is 0 Å². The molecule has 2 nitrogen and oxygen atoms in total. The third kappa shape index (κ3) is 4.92. The van der Waals surface area contributed by atoms with E-state index in [4.69, 9.17) is 0 Å². The maximum atomic E-state index is 12.2. The first-order valence-electron chi connectivity index (χ1n) is 7.62. The van der Waals surface area contributed by atoms with Crippen molar-refractivity contribution in [3.8, 4) is 0 Å². The number of hydrogen-bond acceptors (Lipinski definition) is 2. The summed E-state index contributed by atoms with van der Waals surface area (Å²) in [4.78, 5) is 13.4. The first-order valence-corrected chi connectivity index (χ1v) is 8.50. The van der Waals surface area contributed by atoms with Gasteiger partial charge < -0.3 is 5.32 Å². The molecule has 0 fully saturated rings. The van der Waals surface area contributed by atoms with E-state index in [2.05, 4.69) is 43.4 Å². The smallest absolute Gasteiger partial charge is 0.233 e. The monoisotopic (exact) mass is 313 g/mol. The van der Waals surface area contributed by atoms with E-state index in [1.54, 1.807) is 11.8 Å². The van der Waals surface area contributed by atoms with E-state index in [0.717, 1.165) is 4.90 Å². The number of aryl methyl sites for hydroxylation is 1. The number of benzene rings is 2. The predicted octanol–water partition coefficient (Wildman–Crippen LogP) is 4.40. The molecule has 0 aromatic heterocycles. The van der Waals surface area contributed by atoms with Gasteiger partial charge in [-0.3, -0.25) is 4.79 Å². The Hall–Kier alpha value is -1.74. The lowest BCUT2D eigenvalue weighted by molar-refractivity contribution is -0.120. The van der Waals surface area contributed by atoms with Crippen LogP contribution in [0.4, 0.5) is 0 Å². The highest BCUT2D eigenvalue weighted by Crippen LogP contribution is 2.24. The van der Waals surface area contributed by atoms with Gasteiger partial charge in [-0.1, -0.05) is 55.0 Å². The molecule has 0 radical (unpaired) electrons. The first kappa shape index (κ1) is 16.6. The van der Waals surface area contributed by atoms with E-state index in [-0.39, 0.29) is 11.2 Å². The van der Waals surface area contributed by atoms with E-state index in [1.165, 1.54) is 11.1 Å². The number of rotatable bonds is 6. The van der Waals surface area contributed by atoms with Crippen LogP contribution in [0.3, 0.4) is 0 Å². The molecule has 2 aromatic carbocycles. The molecule has 0 saturated carbocycles. The summed E-state index contributed by atoms with van der Waals surface area (Å²) in [5.74, 6) is 0.413. The molecule has 22 heavy (non-hydrogen) atoms. The maximum absolute atomic E-state index is 12.2. The molecule has 0 aliphatic carbocycles. The van der Waals surface area contributed by atoms with E-state index in [9.17, 15) is 4.79 Å². The molecule has 116 valence electrons. The summed E-state index contributed by atoms with van der Waals surface area (Å²) < 4.78 is 0. The average Bonchev–Trinajstić information content (AvgIpc) is 2.53. The van der Waals surface area contributed by atoms with Crippen molar-refractivity contribution < 1.29 is 4.79 Å². The van der Waals surface area contributed by atoms with Gasteiger partial charge >= 0.3 is 0 Å². The summed E-state index contributed by atoms with van der Waals surface area (Å²) in [6.45, 7) is 6.82. The Kier molecular flexibility index (Phi) is 6.08. The van der Waals surface area contributed by atoms with Gasteiger partial charge in [0.05, 0.1) is 5.25 Å². The molecule has 0 aliphatic heterocycles. The van der Waals surface area contributed by atoms with Crippen LogP contribution < -0.4 is 5.32 Å². The molecule has 3 heteroatoms. The van der Waals surface area contributed by atoms with Crippen LogP contribution in [-0.4, -0.2) is 17.7 Å². The summed E-state index contributed by atoms with van der Waals surface area (Å²) in [7, 11) is 0. The highest BCUT2D eigenvalue weighted by atomic mass is 32.2. The molecule has 0 heterocycles. The molecule has 0 bridgehead atoms. The lowest BCUT2D eigenvalue weighted by Gasteiger charge is -2.16. The zero-order chi connectivity index (χ0) is 15.9. The van der Waals surface area contributed by atoms with Crippen molar-refractivity contribution >= 4 is 17.7 Å². The van der Waals surface area contributed by atoms with Gasteiger partial charge in [0.2, 0.25) is 5.91 Å². The standard InChI is InChI=1S/C19H23NOS/c1-14-8-7-11-18(12-14)22-16(3)19(21)20-13-15(2)17-9-5-4-6-10-17/h4-12,15-16H,13H2,1-3H3,(H,20,21). The Morgan fingerprint density at radius 2 is 1.82 bits per heavy atom. The molecule has 2 rings (SSSR count). The molecule has 0 saturated heterocycles. The highest BCUT2D eigenvalue weighted by Gasteiger charge is 2.15. The zero-order valence-corrected chi connectivity index (χ0v) is 14.2. The summed E-state index contributed by atoms with van der Waals surface area (Å²) in [5, 5.41) is 2.96. The van der Waals surface area contributed by atoms with Gasteiger partial charge in [-0.05, 0) is 37.5 Å². The van der Waals surface area contributed by atoms with Crippen molar-refractivity contribution in [2.75, 3.05) is 6.54 Å². The highest BCUT2D eigenvalue weighted by molar-refractivity contribution is 8.00. The SMILES string of the molecule is Cc1cccc(SC(C)C(=O)NCC(C)c2ccccc2)c1. The number of carbonyl (C=O) groups is 1. The summed E-state index contributed by atoms with van der Waals surface area (Å²) in [6.07, 6.45) is 0. The Bertz CT molecular complexity index is 612. The topological polar surface area (TPSA) is 29.1 Å². The van der Waals surface area contributed by atoms with Crippen molar-refractivity contribution in [1.29, 1.82) is 0 Å². The second-order valence-corrected chi connectivity index (χ2v) is 7.05. The van der Waals surface area contributed by atoms with Gasteiger partial charge in [0.15, 0.2) is 0 Å². The fourth-order valence-electron chi connectivity index (χ4n) is 2.24. The fraction of sp³-hybridized carbons (Fsp3) is 0.316. The van der Waals surface area contributed by atoms with E-state index < -0.39 is 0 Å². The van der Waals surface area contributed by atoms with Crippen molar-refractivity contribution in [3.63, 3.8) is 0 Å². The van der Waals surface area contributed by atoms with Crippen molar-refractivity contribution in [3.05, 3.63) is 65.7 Å². The van der Waals surface area contributed by atoms with Crippen LogP contribution in [-0.2, 0) is 4.79 Å². The van der Waals surface area contributed by atoms with Crippen LogP contribution in [0, 0.1) is 6.92 Å². The number of amides is 1. The van der Waals surface area contributed by atoms with E-state index in [0.29, 0.717) is 12.5 Å². The van der Waals surface area contributed by atoms with Gasteiger partial charge in [0, 0.05) is 11.4 Å². The normalized spacial score (nSPS) is 13.4. The third-order valence-corrected chi connectivity index (χ3v) is 4.72. The van der Waals surface area contributed by atoms with Crippen LogP contribution in [0.15, 0.2) is 59.5 Å². The third-order valence-electron chi connectivity index (χ3n) is 3.62. The molecule has 0 spiro atoms. The van der Waals surface area contributed by atoms with Crippen molar-refractivity contribution in [2.24, 2.45) is 0 Å². The van der Waals surface area contributed by atoms with Gasteiger partial charge in [0.25, 0.3) is 0 Å². The van der Waals surface area contributed by atoms with Crippen LogP contribution in [0.25, 0.3) is 0 Å². The number of nitrogens with one attached hydrogen (secondary N) is 1. The van der Waals surface area contributed by atoms with E-state index in [1.807, 2.05) is 37.3 Å². The molecular formula is C19H23NOS. The lowest BCUT2D eigenvalue weighted by atomic mass is 10.0. The molecule has 1 N–H and O–H groups in total. The number of thioether (sulfide) groups is 1. The van der Waals surface area contributed by atoms with Gasteiger partial charge in [0.1, 0.15) is 0 Å². The van der Waals surface area contributed by atoms with Crippen LogP contribution in [0.2, 0.25) is 0 Å². The van der Waals surface area contributed by atoms with Crippen LogP contribution in [0.5, 0.6) is 0 Å². The minimum atomic E-state index is -0.0928. The molecule has 1 amide bonds. The quantitative estimate of drug-likeness (QED) is 0.801. The molecule has 2 unspecified atom stereocenters. The van der Waals surface area contributed by atoms with Crippen molar-refractivity contribution in [1.82, 2.24) is 5.32 Å². The Morgan fingerprint density at radius 1 is 1.09 bits per heavy atom. The predicted molar refractivity (Wildman–Crippen MR) is 94.4 cm³/mol. The Morgan fingerprint density at radius 3 is 2.50 bits per heavy atom. The fourth-order valence-corrected chi connectivity index (χ4v) is 3.25. The average molecular weight is 313 g/mol. The minimum Gasteiger partial charge on any atom is -0.355 e. The van der Waals surface area contributed by atoms with Gasteiger partial charge in [-0.2, -0.15) is 0 Å². The summed E-state index contributed by atoms with van der Waals surface area (Å²) in [6, 6.07) is 18.5. The Labute approximate surface area is 137 Å². The zero-order valence-electron chi connectivity index (χ0n) is 13.4. The van der Waals surface area contributed by atoms with Crippen LogP contribution >= 0.6 is 11.8 Å². The second kappa shape index (κ2) is 8.04. The first-order chi connectivity index (χ1) is 10.6. The molecule has 2 atom stereocenters. The number of hydrogen-bond donors (Lipinski definition) is 1. The van der Waals surface area contributed by atoms with Crippen molar-refractivity contribution in [2.45, 2.75) is 36.8 Å². The van der Waals surface area contributed by atoms with Crippen LogP contribution in [0.1, 0.15) is 30.9 Å². The molecular weight excluding hydrogens is 290 g/mol. The second-order valence-electron chi connectivity index (χ2n) is 5.63. The Balaban J connectivity index is 1.84. The van der Waals surface area contributed by atoms with Gasteiger partial charge in [-0.25, -0.2) is 0 Å². The maximum Gasteiger partial charge on any atom is 0.233 e. The largest absolute Gasteiger partial charge is 0.355 e.